The summed E-state index contributed by atoms with van der Waals surface area (Å²) < 4.78 is 0. The molecule has 0 radical (unpaired) electrons. The van der Waals surface area contributed by atoms with E-state index in [9.17, 15) is 4.79 Å². The monoisotopic (exact) mass is 260 g/mol. The Balaban J connectivity index is 2.06. The molecule has 1 aliphatic carbocycles. The van der Waals surface area contributed by atoms with E-state index in [2.05, 4.69) is 31.1 Å². The smallest absolute Gasteiger partial charge is 0.228 e. The number of nitrogens with one attached hydrogen (secondary N) is 1. The van der Waals surface area contributed by atoms with Gasteiger partial charge in [-0.1, -0.05) is 33.3 Å². The maximum absolute atomic E-state index is 12.5. The number of carbonyl (C=O) groups excluding carboxylic acids is 1. The lowest BCUT2D eigenvalue weighted by Gasteiger charge is -2.36. The van der Waals surface area contributed by atoms with Crippen molar-refractivity contribution in [1.29, 1.82) is 0 Å². The summed E-state index contributed by atoms with van der Waals surface area (Å²) in [5, 5.41) is 2.97. The van der Waals surface area contributed by atoms with Gasteiger partial charge in [0.05, 0.1) is 0 Å². The summed E-state index contributed by atoms with van der Waals surface area (Å²) in [6, 6.07) is 5.59. The van der Waals surface area contributed by atoms with Gasteiger partial charge in [0, 0.05) is 12.1 Å². The molecule has 1 heterocycles. The van der Waals surface area contributed by atoms with Crippen molar-refractivity contribution in [3.63, 3.8) is 0 Å². The molecule has 3 nitrogen and oxygen atoms in total. The average Bonchev–Trinajstić information content (AvgIpc) is 2.39. The highest BCUT2D eigenvalue weighted by Gasteiger charge is 2.35. The van der Waals surface area contributed by atoms with E-state index in [0.29, 0.717) is 23.6 Å². The number of hydrogen-bond donors (Lipinski definition) is 1. The Morgan fingerprint density at radius 3 is 2.79 bits per heavy atom. The first kappa shape index (κ1) is 14.0. The van der Waals surface area contributed by atoms with E-state index in [4.69, 9.17) is 0 Å². The molecule has 1 aromatic heterocycles. The largest absolute Gasteiger partial charge is 0.310 e. The van der Waals surface area contributed by atoms with Gasteiger partial charge in [0.1, 0.15) is 5.82 Å². The van der Waals surface area contributed by atoms with Gasteiger partial charge >= 0.3 is 0 Å². The van der Waals surface area contributed by atoms with E-state index in [0.717, 1.165) is 6.42 Å². The summed E-state index contributed by atoms with van der Waals surface area (Å²) >= 11 is 0. The molecule has 1 amide bonds. The highest BCUT2D eigenvalue weighted by Crippen LogP contribution is 2.38. The van der Waals surface area contributed by atoms with Gasteiger partial charge in [-0.15, -0.1) is 0 Å². The van der Waals surface area contributed by atoms with Gasteiger partial charge in [0.2, 0.25) is 5.91 Å². The molecule has 0 saturated heterocycles. The van der Waals surface area contributed by atoms with Crippen LogP contribution in [-0.2, 0) is 4.79 Å². The predicted octanol–water partition coefficient (Wildman–Crippen LogP) is 3.73. The average molecular weight is 260 g/mol. The predicted molar refractivity (Wildman–Crippen MR) is 77.7 cm³/mol. The molecule has 1 saturated carbocycles. The highest BCUT2D eigenvalue weighted by atomic mass is 16.2. The molecule has 19 heavy (non-hydrogen) atoms. The number of hydrogen-bond acceptors (Lipinski definition) is 2. The van der Waals surface area contributed by atoms with E-state index >= 15 is 0 Å². The van der Waals surface area contributed by atoms with E-state index in [1.165, 1.54) is 12.8 Å². The minimum absolute atomic E-state index is 0.130. The Labute approximate surface area is 115 Å². The zero-order valence-corrected chi connectivity index (χ0v) is 12.1. The van der Waals surface area contributed by atoms with Crippen LogP contribution in [0.4, 0.5) is 5.82 Å². The summed E-state index contributed by atoms with van der Waals surface area (Å²) in [6.07, 6.45) is 5.12. The molecule has 3 unspecified atom stereocenters. The van der Waals surface area contributed by atoms with Crippen molar-refractivity contribution in [1.82, 2.24) is 4.98 Å². The molecule has 0 aromatic carbocycles. The third-order valence-corrected chi connectivity index (χ3v) is 4.28. The Hall–Kier alpha value is -1.38. The molecule has 1 aromatic rings. The van der Waals surface area contributed by atoms with E-state index in [-0.39, 0.29) is 11.8 Å². The Bertz CT molecular complexity index is 416. The maximum atomic E-state index is 12.5. The van der Waals surface area contributed by atoms with Crippen LogP contribution in [0.25, 0.3) is 0 Å². The van der Waals surface area contributed by atoms with Crippen molar-refractivity contribution in [2.24, 2.45) is 23.7 Å². The second-order valence-corrected chi connectivity index (χ2v) is 6.14. The molecular formula is C16H24N2O. The van der Waals surface area contributed by atoms with Crippen LogP contribution in [-0.4, -0.2) is 10.9 Å². The van der Waals surface area contributed by atoms with Crippen molar-refractivity contribution in [3.05, 3.63) is 24.4 Å². The molecule has 3 heteroatoms. The Morgan fingerprint density at radius 2 is 2.16 bits per heavy atom. The fraction of sp³-hybridized carbons (Fsp3) is 0.625. The summed E-state index contributed by atoms with van der Waals surface area (Å²) in [6.45, 7) is 6.70. The number of amides is 1. The maximum Gasteiger partial charge on any atom is 0.228 e. The van der Waals surface area contributed by atoms with E-state index < -0.39 is 0 Å². The molecule has 104 valence electrons. The van der Waals surface area contributed by atoms with Crippen molar-refractivity contribution in [2.45, 2.75) is 40.0 Å². The molecule has 0 bridgehead atoms. The summed E-state index contributed by atoms with van der Waals surface area (Å²) in [4.78, 5) is 16.6. The van der Waals surface area contributed by atoms with Crippen LogP contribution in [0.3, 0.4) is 0 Å². The molecule has 1 aliphatic rings. The summed E-state index contributed by atoms with van der Waals surface area (Å²) in [5.41, 5.74) is 0. The summed E-state index contributed by atoms with van der Waals surface area (Å²) in [5.74, 6) is 2.64. The van der Waals surface area contributed by atoms with Crippen molar-refractivity contribution in [3.8, 4) is 0 Å². The van der Waals surface area contributed by atoms with Crippen LogP contribution < -0.4 is 5.32 Å². The van der Waals surface area contributed by atoms with Crippen molar-refractivity contribution < 1.29 is 4.79 Å². The molecule has 0 aliphatic heterocycles. The fourth-order valence-corrected chi connectivity index (χ4v) is 3.16. The van der Waals surface area contributed by atoms with Crippen LogP contribution >= 0.6 is 0 Å². The quantitative estimate of drug-likeness (QED) is 0.899. The minimum atomic E-state index is 0.130. The van der Waals surface area contributed by atoms with Crippen LogP contribution in [0.5, 0.6) is 0 Å². The van der Waals surface area contributed by atoms with Gasteiger partial charge in [-0.3, -0.25) is 4.79 Å². The van der Waals surface area contributed by atoms with Crippen molar-refractivity contribution in [2.75, 3.05) is 5.32 Å². The first-order chi connectivity index (χ1) is 9.08. The number of rotatable bonds is 3. The first-order valence-electron chi connectivity index (χ1n) is 7.29. The second kappa shape index (κ2) is 6.18. The van der Waals surface area contributed by atoms with Crippen LogP contribution in [0, 0.1) is 23.7 Å². The van der Waals surface area contributed by atoms with Gasteiger partial charge in [0.15, 0.2) is 0 Å². The number of anilines is 1. The number of aromatic nitrogens is 1. The Morgan fingerprint density at radius 1 is 1.37 bits per heavy atom. The third kappa shape index (κ3) is 3.55. The standard InChI is InChI=1S/C16H24N2O/c1-11(2)13-8-7-12(3)10-14(13)16(19)18-15-6-4-5-9-17-15/h4-6,9,11-14H,7-8,10H2,1-3H3,(H,17,18,19). The van der Waals surface area contributed by atoms with Crippen LogP contribution in [0.1, 0.15) is 40.0 Å². The number of pyridine rings is 1. The Kier molecular flexibility index (Phi) is 4.56. The van der Waals surface area contributed by atoms with E-state index in [1.807, 2.05) is 18.2 Å². The van der Waals surface area contributed by atoms with Gasteiger partial charge in [-0.2, -0.15) is 0 Å². The normalized spacial score (nSPS) is 27.3. The molecule has 2 rings (SSSR count). The van der Waals surface area contributed by atoms with Gasteiger partial charge in [-0.25, -0.2) is 4.98 Å². The van der Waals surface area contributed by atoms with Crippen molar-refractivity contribution >= 4 is 11.7 Å². The summed E-state index contributed by atoms with van der Waals surface area (Å²) in [7, 11) is 0. The van der Waals surface area contributed by atoms with Gasteiger partial charge in [0.25, 0.3) is 0 Å². The second-order valence-electron chi connectivity index (χ2n) is 6.14. The number of carbonyl (C=O) groups is 1. The molecular weight excluding hydrogens is 236 g/mol. The van der Waals surface area contributed by atoms with Gasteiger partial charge < -0.3 is 5.32 Å². The molecule has 3 atom stereocenters. The minimum Gasteiger partial charge on any atom is -0.310 e. The van der Waals surface area contributed by atoms with Crippen LogP contribution in [0.15, 0.2) is 24.4 Å². The molecule has 0 spiro atoms. The molecule has 1 fully saturated rings. The lowest BCUT2D eigenvalue weighted by Crippen LogP contribution is -2.36. The topological polar surface area (TPSA) is 42.0 Å². The van der Waals surface area contributed by atoms with E-state index in [1.54, 1.807) is 6.20 Å². The van der Waals surface area contributed by atoms with Crippen LogP contribution in [0.2, 0.25) is 0 Å². The lowest BCUT2D eigenvalue weighted by molar-refractivity contribution is -0.124. The number of nitrogens with zero attached hydrogens (tertiary/aromatic N) is 1. The third-order valence-electron chi connectivity index (χ3n) is 4.28. The lowest BCUT2D eigenvalue weighted by atomic mass is 9.70. The zero-order valence-electron chi connectivity index (χ0n) is 12.1. The SMILES string of the molecule is CC1CCC(C(C)C)C(C(=O)Nc2ccccn2)C1. The zero-order chi connectivity index (χ0) is 13.8. The highest BCUT2D eigenvalue weighted by molar-refractivity contribution is 5.91. The molecule has 1 N–H and O–H groups in total. The van der Waals surface area contributed by atoms with Gasteiger partial charge in [-0.05, 0) is 42.7 Å². The fourth-order valence-electron chi connectivity index (χ4n) is 3.16. The first-order valence-corrected chi connectivity index (χ1v) is 7.29.